The normalized spacial score (nSPS) is 11.1. The maximum atomic E-state index is 12.9. The summed E-state index contributed by atoms with van der Waals surface area (Å²) in [7, 11) is 1.28. The smallest absolute Gasteiger partial charge is 0.491 e. The molecule has 12 heteroatoms. The van der Waals surface area contributed by atoms with Crippen molar-refractivity contribution >= 4 is 28.3 Å². The maximum Gasteiger partial charge on any atom is 0.491 e. The molecule has 0 fully saturated rings. The Balaban J connectivity index is 2.25. The number of hydrogen-bond acceptors (Lipinski definition) is 7. The van der Waals surface area contributed by atoms with Crippen molar-refractivity contribution in [3.8, 4) is 23.0 Å². The number of nitrogen functional groups attached to an aromatic ring is 1. The SMILES string of the molecule is COc1ccc2ccc(C(=N)N)c(OC(=O)C(F)(F)F)c2c1Oc1ccc([N+](=O)[O-])cc1. The number of carbonyl (C=O) groups excluding carboxylic acids is 1. The Morgan fingerprint density at radius 1 is 1.06 bits per heavy atom. The number of fused-ring (bicyclic) bond motifs is 1. The summed E-state index contributed by atoms with van der Waals surface area (Å²) in [5.74, 6) is -3.82. The topological polar surface area (TPSA) is 138 Å². The Morgan fingerprint density at radius 3 is 2.22 bits per heavy atom. The average molecular weight is 449 g/mol. The second-order valence-corrected chi connectivity index (χ2v) is 6.29. The molecular formula is C20H14F3N3O6. The molecule has 3 N–H and O–H groups in total. The van der Waals surface area contributed by atoms with Crippen LogP contribution in [0.3, 0.4) is 0 Å². The Morgan fingerprint density at radius 2 is 1.69 bits per heavy atom. The highest BCUT2D eigenvalue weighted by molar-refractivity contribution is 6.08. The molecule has 0 bridgehead atoms. The number of hydrogen-bond donors (Lipinski definition) is 2. The van der Waals surface area contributed by atoms with E-state index in [-0.39, 0.29) is 39.3 Å². The van der Waals surface area contributed by atoms with Crippen LogP contribution in [0.1, 0.15) is 5.56 Å². The van der Waals surface area contributed by atoms with Gasteiger partial charge in [0.1, 0.15) is 11.6 Å². The van der Waals surface area contributed by atoms with Crippen molar-refractivity contribution in [2.24, 2.45) is 5.73 Å². The van der Waals surface area contributed by atoms with E-state index in [1.54, 1.807) is 0 Å². The molecule has 0 heterocycles. The van der Waals surface area contributed by atoms with Crippen LogP contribution in [0, 0.1) is 15.5 Å². The van der Waals surface area contributed by atoms with Gasteiger partial charge in [0.25, 0.3) is 5.69 Å². The zero-order valence-corrected chi connectivity index (χ0v) is 16.2. The van der Waals surface area contributed by atoms with Crippen molar-refractivity contribution in [1.29, 1.82) is 5.41 Å². The minimum Gasteiger partial charge on any atom is -0.493 e. The molecule has 3 aromatic carbocycles. The number of nitrogens with one attached hydrogen (secondary N) is 1. The molecule has 0 amide bonds. The predicted octanol–water partition coefficient (Wildman–Crippen LogP) is 4.30. The van der Waals surface area contributed by atoms with E-state index >= 15 is 0 Å². The van der Waals surface area contributed by atoms with Gasteiger partial charge in [-0.05, 0) is 29.7 Å². The minimum absolute atomic E-state index is 0.0564. The van der Waals surface area contributed by atoms with E-state index in [1.165, 1.54) is 55.6 Å². The lowest BCUT2D eigenvalue weighted by Gasteiger charge is -2.18. The third kappa shape index (κ3) is 4.38. The van der Waals surface area contributed by atoms with Gasteiger partial charge in [-0.1, -0.05) is 12.1 Å². The molecule has 9 nitrogen and oxygen atoms in total. The molecule has 0 aliphatic carbocycles. The van der Waals surface area contributed by atoms with E-state index in [4.69, 9.17) is 20.6 Å². The van der Waals surface area contributed by atoms with Gasteiger partial charge in [0.15, 0.2) is 17.2 Å². The highest BCUT2D eigenvalue weighted by atomic mass is 19.4. The van der Waals surface area contributed by atoms with E-state index in [9.17, 15) is 28.1 Å². The Bertz CT molecular complexity index is 1230. The Kier molecular flexibility index (Phi) is 5.87. The molecule has 0 saturated heterocycles. The van der Waals surface area contributed by atoms with Crippen LogP contribution in [-0.2, 0) is 4.79 Å². The quantitative estimate of drug-likeness (QED) is 0.143. The molecule has 0 aliphatic heterocycles. The lowest BCUT2D eigenvalue weighted by atomic mass is 10.0. The van der Waals surface area contributed by atoms with Crippen LogP contribution in [-0.4, -0.2) is 30.0 Å². The summed E-state index contributed by atoms with van der Waals surface area (Å²) in [6.45, 7) is 0. The molecule has 0 radical (unpaired) electrons. The second-order valence-electron chi connectivity index (χ2n) is 6.29. The summed E-state index contributed by atoms with van der Waals surface area (Å²) in [4.78, 5) is 21.8. The van der Waals surface area contributed by atoms with Gasteiger partial charge in [-0.2, -0.15) is 13.2 Å². The van der Waals surface area contributed by atoms with Crippen LogP contribution in [0.5, 0.6) is 23.0 Å². The number of nitro benzene ring substituents is 1. The number of methoxy groups -OCH3 is 1. The zero-order valence-electron chi connectivity index (χ0n) is 16.2. The fourth-order valence-electron chi connectivity index (χ4n) is 2.82. The number of esters is 1. The molecular weight excluding hydrogens is 435 g/mol. The minimum atomic E-state index is -5.31. The van der Waals surface area contributed by atoms with E-state index in [2.05, 4.69) is 4.74 Å². The zero-order chi connectivity index (χ0) is 23.6. The third-order valence-electron chi connectivity index (χ3n) is 4.26. The first-order valence-corrected chi connectivity index (χ1v) is 8.72. The number of carbonyl (C=O) groups is 1. The molecule has 3 rings (SSSR count). The summed E-state index contributed by atoms with van der Waals surface area (Å²) in [6.07, 6.45) is -5.31. The molecule has 3 aromatic rings. The summed E-state index contributed by atoms with van der Waals surface area (Å²) in [5, 5.41) is 18.7. The van der Waals surface area contributed by atoms with E-state index in [0.29, 0.717) is 0 Å². The number of alkyl halides is 3. The monoisotopic (exact) mass is 449 g/mol. The van der Waals surface area contributed by atoms with Gasteiger partial charge in [-0.25, -0.2) is 4.79 Å². The summed E-state index contributed by atoms with van der Waals surface area (Å²) >= 11 is 0. The van der Waals surface area contributed by atoms with Crippen molar-refractivity contribution in [3.63, 3.8) is 0 Å². The van der Waals surface area contributed by atoms with Crippen molar-refractivity contribution in [2.45, 2.75) is 6.18 Å². The molecule has 0 atom stereocenters. The first-order chi connectivity index (χ1) is 15.0. The van der Waals surface area contributed by atoms with Gasteiger partial charge in [0.05, 0.1) is 23.0 Å². The van der Waals surface area contributed by atoms with Crippen molar-refractivity contribution in [1.82, 2.24) is 0 Å². The molecule has 0 saturated carbocycles. The average Bonchev–Trinajstić information content (AvgIpc) is 2.73. The summed E-state index contributed by atoms with van der Waals surface area (Å²) in [6, 6.07) is 10.5. The number of nitrogens with two attached hydrogens (primary N) is 1. The number of nitrogens with zero attached hydrogens (tertiary/aromatic N) is 1. The highest BCUT2D eigenvalue weighted by Gasteiger charge is 2.42. The van der Waals surface area contributed by atoms with Crippen LogP contribution in [0.25, 0.3) is 10.8 Å². The van der Waals surface area contributed by atoms with Gasteiger partial charge in [-0.3, -0.25) is 15.5 Å². The molecule has 32 heavy (non-hydrogen) atoms. The highest BCUT2D eigenvalue weighted by Crippen LogP contribution is 2.45. The van der Waals surface area contributed by atoms with Gasteiger partial charge in [0.2, 0.25) is 0 Å². The lowest BCUT2D eigenvalue weighted by molar-refractivity contribution is -0.384. The van der Waals surface area contributed by atoms with Crippen LogP contribution < -0.4 is 19.9 Å². The summed E-state index contributed by atoms with van der Waals surface area (Å²) in [5.41, 5.74) is 5.00. The van der Waals surface area contributed by atoms with E-state index < -0.39 is 28.7 Å². The van der Waals surface area contributed by atoms with Gasteiger partial charge >= 0.3 is 12.1 Å². The Labute approximate surface area is 177 Å². The van der Waals surface area contributed by atoms with Crippen LogP contribution >= 0.6 is 0 Å². The fourth-order valence-corrected chi connectivity index (χ4v) is 2.82. The number of rotatable bonds is 6. The maximum absolute atomic E-state index is 12.9. The van der Waals surface area contributed by atoms with Gasteiger partial charge in [0, 0.05) is 12.1 Å². The third-order valence-corrected chi connectivity index (χ3v) is 4.26. The molecule has 0 spiro atoms. The molecule has 0 unspecified atom stereocenters. The van der Waals surface area contributed by atoms with E-state index in [1.807, 2.05) is 0 Å². The predicted molar refractivity (Wildman–Crippen MR) is 106 cm³/mol. The van der Waals surface area contributed by atoms with Crippen LogP contribution in [0.2, 0.25) is 0 Å². The largest absolute Gasteiger partial charge is 0.493 e. The second kappa shape index (κ2) is 8.41. The Hall–Kier alpha value is -4.35. The van der Waals surface area contributed by atoms with Crippen LogP contribution in [0.15, 0.2) is 48.5 Å². The molecule has 0 aliphatic rings. The van der Waals surface area contributed by atoms with Crippen molar-refractivity contribution in [2.75, 3.05) is 7.11 Å². The summed E-state index contributed by atoms with van der Waals surface area (Å²) < 4.78 is 54.3. The first kappa shape index (κ1) is 22.3. The van der Waals surface area contributed by atoms with Gasteiger partial charge < -0.3 is 19.9 Å². The number of nitro groups is 1. The standard InChI is InChI=1S/C20H14F3N3O6/c1-30-14-9-3-10-2-8-13(18(24)25)16(32-19(27)20(21,22)23)15(10)17(14)31-12-6-4-11(5-7-12)26(28)29/h2-9H,1H3,(H3,24,25). The lowest BCUT2D eigenvalue weighted by Crippen LogP contribution is -2.29. The van der Waals surface area contributed by atoms with Crippen molar-refractivity contribution < 1.29 is 37.1 Å². The fraction of sp³-hybridized carbons (Fsp3) is 0.100. The number of non-ortho nitro benzene ring substituents is 1. The van der Waals surface area contributed by atoms with Crippen LogP contribution in [0.4, 0.5) is 18.9 Å². The number of benzene rings is 3. The number of halogens is 3. The first-order valence-electron chi connectivity index (χ1n) is 8.72. The number of ether oxygens (including phenoxy) is 3. The molecule has 166 valence electrons. The van der Waals surface area contributed by atoms with Gasteiger partial charge in [-0.15, -0.1) is 0 Å². The van der Waals surface area contributed by atoms with E-state index in [0.717, 1.165) is 0 Å². The van der Waals surface area contributed by atoms with Crippen molar-refractivity contribution in [3.05, 3.63) is 64.2 Å². The number of amidine groups is 1. The molecule has 0 aromatic heterocycles.